The van der Waals surface area contributed by atoms with Gasteiger partial charge in [-0.3, -0.25) is 4.79 Å². The highest BCUT2D eigenvalue weighted by Crippen LogP contribution is 2.42. The normalized spacial score (nSPS) is 17.7. The van der Waals surface area contributed by atoms with Crippen molar-refractivity contribution < 1.29 is 9.53 Å². The van der Waals surface area contributed by atoms with Gasteiger partial charge in [-0.1, -0.05) is 29.8 Å². The molecule has 1 saturated heterocycles. The van der Waals surface area contributed by atoms with Crippen molar-refractivity contribution in [2.45, 2.75) is 12.5 Å². The van der Waals surface area contributed by atoms with Gasteiger partial charge in [0, 0.05) is 60.6 Å². The van der Waals surface area contributed by atoms with Gasteiger partial charge in [-0.25, -0.2) is 4.98 Å². The summed E-state index contributed by atoms with van der Waals surface area (Å²) in [7, 11) is 0. The van der Waals surface area contributed by atoms with E-state index in [1.807, 2.05) is 59.5 Å². The Morgan fingerprint density at radius 3 is 2.74 bits per heavy atom. The van der Waals surface area contributed by atoms with Gasteiger partial charge in [0.2, 0.25) is 0 Å². The Morgan fingerprint density at radius 2 is 1.94 bits per heavy atom. The van der Waals surface area contributed by atoms with Crippen LogP contribution in [0.15, 0.2) is 60.8 Å². The summed E-state index contributed by atoms with van der Waals surface area (Å²) in [5.41, 5.74) is 3.73. The van der Waals surface area contributed by atoms with Gasteiger partial charge >= 0.3 is 0 Å². The van der Waals surface area contributed by atoms with Crippen LogP contribution in [-0.4, -0.2) is 48.1 Å². The van der Waals surface area contributed by atoms with Crippen molar-refractivity contribution in [2.75, 3.05) is 31.5 Å². The Hall–Kier alpha value is -3.09. The molecule has 158 valence electrons. The van der Waals surface area contributed by atoms with Crippen LogP contribution in [0.2, 0.25) is 5.02 Å². The molecule has 1 amide bonds. The number of nitrogens with zero attached hydrogens (tertiary/aromatic N) is 2. The predicted octanol–water partition coefficient (Wildman–Crippen LogP) is 3.88. The fraction of sp³-hybridized carbons (Fsp3) is 0.250. The first kappa shape index (κ1) is 19.8. The van der Waals surface area contributed by atoms with Crippen molar-refractivity contribution in [1.82, 2.24) is 15.2 Å². The molecule has 31 heavy (non-hydrogen) atoms. The summed E-state index contributed by atoms with van der Waals surface area (Å²) in [6.07, 6.45) is 1.78. The number of para-hydroxylation sites is 1. The smallest absolute Gasteiger partial charge is 0.264 e. The van der Waals surface area contributed by atoms with E-state index in [4.69, 9.17) is 16.3 Å². The molecule has 5 rings (SSSR count). The molecule has 2 aromatic carbocycles. The molecule has 1 fully saturated rings. The summed E-state index contributed by atoms with van der Waals surface area (Å²) >= 11 is 6.43. The highest BCUT2D eigenvalue weighted by Gasteiger charge is 2.34. The van der Waals surface area contributed by atoms with Gasteiger partial charge < -0.3 is 20.3 Å². The number of amides is 1. The molecule has 7 heteroatoms. The fourth-order valence-electron chi connectivity index (χ4n) is 4.10. The quantitative estimate of drug-likeness (QED) is 0.652. The molecule has 0 radical (unpaired) electrons. The maximum Gasteiger partial charge on any atom is 0.264 e. The van der Waals surface area contributed by atoms with Gasteiger partial charge in [0.15, 0.2) is 6.10 Å². The first-order valence-electron chi connectivity index (χ1n) is 10.4. The van der Waals surface area contributed by atoms with Crippen LogP contribution in [0.25, 0.3) is 11.1 Å². The Balaban J connectivity index is 1.42. The van der Waals surface area contributed by atoms with E-state index >= 15 is 0 Å². The number of hydrogen-bond donors (Lipinski definition) is 2. The Morgan fingerprint density at radius 1 is 1.13 bits per heavy atom. The molecule has 1 aromatic heterocycles. The minimum atomic E-state index is -0.505. The Labute approximate surface area is 186 Å². The summed E-state index contributed by atoms with van der Waals surface area (Å²) in [5, 5.41) is 7.22. The third kappa shape index (κ3) is 4.22. The van der Waals surface area contributed by atoms with E-state index in [0.29, 0.717) is 24.5 Å². The molecule has 0 saturated carbocycles. The fourth-order valence-corrected chi connectivity index (χ4v) is 4.34. The molecule has 0 bridgehead atoms. The molecule has 2 aliphatic rings. The standard InChI is InChI=1S/C24H23ClN4O2/c25-18-12-17-13-21(24(30)29-10-8-26-9-11-29)31-23(17)20(15-18)16-6-7-27-22(14-16)28-19-4-2-1-3-5-19/h1-7,12,14-15,21,26H,8-11,13H2,(H,27,28)/t21-/m1/s1. The van der Waals surface area contributed by atoms with Crippen molar-refractivity contribution in [2.24, 2.45) is 0 Å². The number of nitrogens with one attached hydrogen (secondary N) is 2. The third-order valence-electron chi connectivity index (χ3n) is 5.62. The summed E-state index contributed by atoms with van der Waals surface area (Å²) in [6, 6.07) is 17.6. The SMILES string of the molecule is O=C([C@H]1Cc2cc(Cl)cc(-c3ccnc(Nc4ccccc4)c3)c2O1)N1CCNCC1. The molecular formula is C24H23ClN4O2. The van der Waals surface area contributed by atoms with E-state index in [2.05, 4.69) is 15.6 Å². The van der Waals surface area contributed by atoms with Crippen molar-refractivity contribution in [3.8, 4) is 16.9 Å². The number of ether oxygens (including phenoxy) is 1. The summed E-state index contributed by atoms with van der Waals surface area (Å²) in [5.74, 6) is 1.50. The van der Waals surface area contributed by atoms with Crippen LogP contribution in [-0.2, 0) is 11.2 Å². The van der Waals surface area contributed by atoms with Crippen LogP contribution in [0.5, 0.6) is 5.75 Å². The highest BCUT2D eigenvalue weighted by atomic mass is 35.5. The molecule has 0 spiro atoms. The number of aromatic nitrogens is 1. The molecule has 1 atom stereocenters. The second-order valence-corrected chi connectivity index (χ2v) is 8.18. The number of fused-ring (bicyclic) bond motifs is 1. The van der Waals surface area contributed by atoms with E-state index < -0.39 is 6.10 Å². The number of hydrogen-bond acceptors (Lipinski definition) is 5. The van der Waals surface area contributed by atoms with E-state index in [0.717, 1.165) is 47.0 Å². The second-order valence-electron chi connectivity index (χ2n) is 7.75. The zero-order valence-electron chi connectivity index (χ0n) is 17.0. The van der Waals surface area contributed by atoms with Crippen LogP contribution >= 0.6 is 11.6 Å². The first-order chi connectivity index (χ1) is 15.2. The summed E-state index contributed by atoms with van der Waals surface area (Å²) in [6.45, 7) is 3.05. The number of piperazine rings is 1. The lowest BCUT2D eigenvalue weighted by molar-refractivity contribution is -0.138. The largest absolute Gasteiger partial charge is 0.479 e. The van der Waals surface area contributed by atoms with Gasteiger partial charge in [-0.2, -0.15) is 0 Å². The molecule has 2 N–H and O–H groups in total. The van der Waals surface area contributed by atoms with Gasteiger partial charge in [0.05, 0.1) is 0 Å². The van der Waals surface area contributed by atoms with Crippen LogP contribution in [0.1, 0.15) is 5.56 Å². The summed E-state index contributed by atoms with van der Waals surface area (Å²) in [4.78, 5) is 19.3. The monoisotopic (exact) mass is 434 g/mol. The number of benzene rings is 2. The predicted molar refractivity (Wildman–Crippen MR) is 122 cm³/mol. The van der Waals surface area contributed by atoms with Crippen LogP contribution in [0, 0.1) is 0 Å². The van der Waals surface area contributed by atoms with E-state index in [1.165, 1.54) is 0 Å². The zero-order valence-corrected chi connectivity index (χ0v) is 17.7. The maximum atomic E-state index is 13.0. The minimum absolute atomic E-state index is 0.0425. The Kier molecular flexibility index (Phi) is 5.49. The van der Waals surface area contributed by atoms with Crippen molar-refractivity contribution in [3.63, 3.8) is 0 Å². The third-order valence-corrected chi connectivity index (χ3v) is 5.84. The van der Waals surface area contributed by atoms with Crippen LogP contribution in [0.3, 0.4) is 0 Å². The molecule has 0 aliphatic carbocycles. The lowest BCUT2D eigenvalue weighted by Crippen LogP contribution is -2.50. The molecule has 2 aliphatic heterocycles. The number of anilines is 2. The van der Waals surface area contributed by atoms with Gasteiger partial charge in [0.25, 0.3) is 5.91 Å². The number of halogens is 1. The first-order valence-corrected chi connectivity index (χ1v) is 10.8. The van der Waals surface area contributed by atoms with Crippen LogP contribution in [0.4, 0.5) is 11.5 Å². The minimum Gasteiger partial charge on any atom is -0.479 e. The number of pyridine rings is 1. The van der Waals surface area contributed by atoms with E-state index in [-0.39, 0.29) is 5.91 Å². The maximum absolute atomic E-state index is 13.0. The summed E-state index contributed by atoms with van der Waals surface area (Å²) < 4.78 is 6.21. The lowest BCUT2D eigenvalue weighted by Gasteiger charge is -2.29. The van der Waals surface area contributed by atoms with Crippen molar-refractivity contribution in [1.29, 1.82) is 0 Å². The van der Waals surface area contributed by atoms with E-state index in [1.54, 1.807) is 6.20 Å². The molecular weight excluding hydrogens is 412 g/mol. The molecule has 6 nitrogen and oxygen atoms in total. The molecule has 3 heterocycles. The van der Waals surface area contributed by atoms with Gasteiger partial charge in [0.1, 0.15) is 11.6 Å². The van der Waals surface area contributed by atoms with E-state index in [9.17, 15) is 4.79 Å². The molecule has 3 aromatic rings. The highest BCUT2D eigenvalue weighted by molar-refractivity contribution is 6.31. The molecule has 0 unspecified atom stereocenters. The van der Waals surface area contributed by atoms with Crippen molar-refractivity contribution in [3.05, 3.63) is 71.4 Å². The Bertz CT molecular complexity index is 1100. The van der Waals surface area contributed by atoms with Crippen LogP contribution < -0.4 is 15.4 Å². The zero-order chi connectivity index (χ0) is 21.2. The number of rotatable bonds is 4. The van der Waals surface area contributed by atoms with Gasteiger partial charge in [-0.05, 0) is 42.0 Å². The average Bonchev–Trinajstić information content (AvgIpc) is 3.23. The van der Waals surface area contributed by atoms with Gasteiger partial charge in [-0.15, -0.1) is 0 Å². The topological polar surface area (TPSA) is 66.5 Å². The average molecular weight is 435 g/mol. The number of carbonyl (C=O) groups excluding carboxylic acids is 1. The van der Waals surface area contributed by atoms with Crippen molar-refractivity contribution >= 4 is 29.0 Å². The lowest BCUT2D eigenvalue weighted by atomic mass is 10.0. The number of carbonyl (C=O) groups is 1. The second kappa shape index (κ2) is 8.57.